The van der Waals surface area contributed by atoms with Crippen molar-refractivity contribution in [2.45, 2.75) is 52.5 Å². The predicted molar refractivity (Wildman–Crippen MR) is 67.3 cm³/mol. The van der Waals surface area contributed by atoms with Gasteiger partial charge in [0.25, 0.3) is 0 Å². The van der Waals surface area contributed by atoms with Crippen molar-refractivity contribution < 1.29 is 4.79 Å². The molecule has 1 heterocycles. The molecule has 0 bridgehead atoms. The van der Waals surface area contributed by atoms with Gasteiger partial charge in [-0.3, -0.25) is 4.79 Å². The van der Waals surface area contributed by atoms with E-state index in [4.69, 9.17) is 0 Å². The van der Waals surface area contributed by atoms with Crippen molar-refractivity contribution in [2.75, 3.05) is 13.1 Å². The lowest BCUT2D eigenvalue weighted by atomic mass is 9.96. The standard InChI is InChI=1S/C13H26N2O/c1-4-6-11(7-5-2)13(16)15-12-9-14-8-10(12)3/h10-12,14H,4-9H2,1-3H3,(H,15,16). The Morgan fingerprint density at radius 1 is 1.31 bits per heavy atom. The van der Waals surface area contributed by atoms with Gasteiger partial charge >= 0.3 is 0 Å². The Bertz CT molecular complexity index is 212. The van der Waals surface area contributed by atoms with E-state index in [0.717, 1.165) is 38.8 Å². The Kier molecular flexibility index (Phi) is 5.81. The molecule has 16 heavy (non-hydrogen) atoms. The van der Waals surface area contributed by atoms with Crippen LogP contribution in [0.4, 0.5) is 0 Å². The molecule has 1 amide bonds. The quantitative estimate of drug-likeness (QED) is 0.726. The molecule has 94 valence electrons. The van der Waals surface area contributed by atoms with E-state index < -0.39 is 0 Å². The zero-order chi connectivity index (χ0) is 12.0. The number of carbonyl (C=O) groups is 1. The van der Waals surface area contributed by atoms with E-state index in [1.54, 1.807) is 0 Å². The molecule has 1 saturated heterocycles. The maximum Gasteiger partial charge on any atom is 0.223 e. The van der Waals surface area contributed by atoms with E-state index in [-0.39, 0.29) is 11.8 Å². The summed E-state index contributed by atoms with van der Waals surface area (Å²) < 4.78 is 0. The van der Waals surface area contributed by atoms with E-state index in [1.807, 2.05) is 0 Å². The average molecular weight is 226 g/mol. The number of amides is 1. The summed E-state index contributed by atoms with van der Waals surface area (Å²) in [4.78, 5) is 12.1. The molecule has 0 saturated carbocycles. The molecule has 0 aromatic rings. The summed E-state index contributed by atoms with van der Waals surface area (Å²) in [6, 6.07) is 0.337. The monoisotopic (exact) mass is 226 g/mol. The molecule has 0 radical (unpaired) electrons. The van der Waals surface area contributed by atoms with Gasteiger partial charge in [-0.25, -0.2) is 0 Å². The normalized spacial score (nSPS) is 25.0. The topological polar surface area (TPSA) is 41.1 Å². The van der Waals surface area contributed by atoms with Crippen LogP contribution in [-0.2, 0) is 4.79 Å². The third-order valence-corrected chi connectivity index (χ3v) is 3.49. The fourth-order valence-electron chi connectivity index (χ4n) is 2.41. The fraction of sp³-hybridized carbons (Fsp3) is 0.923. The van der Waals surface area contributed by atoms with E-state index in [0.29, 0.717) is 12.0 Å². The van der Waals surface area contributed by atoms with Crippen molar-refractivity contribution in [3.05, 3.63) is 0 Å². The third-order valence-electron chi connectivity index (χ3n) is 3.49. The van der Waals surface area contributed by atoms with E-state index >= 15 is 0 Å². The molecule has 3 heteroatoms. The molecule has 2 atom stereocenters. The molecule has 0 aromatic carbocycles. The van der Waals surface area contributed by atoms with Crippen LogP contribution in [-0.4, -0.2) is 25.0 Å². The maximum atomic E-state index is 12.1. The second kappa shape index (κ2) is 6.89. The highest BCUT2D eigenvalue weighted by Crippen LogP contribution is 2.15. The largest absolute Gasteiger partial charge is 0.352 e. The summed E-state index contributed by atoms with van der Waals surface area (Å²) in [6.45, 7) is 8.44. The van der Waals surface area contributed by atoms with Crippen LogP contribution in [0.5, 0.6) is 0 Å². The van der Waals surface area contributed by atoms with Crippen LogP contribution in [0.25, 0.3) is 0 Å². The van der Waals surface area contributed by atoms with Gasteiger partial charge in [0.05, 0.1) is 0 Å². The van der Waals surface area contributed by atoms with Gasteiger partial charge in [-0.2, -0.15) is 0 Å². The van der Waals surface area contributed by atoms with E-state index in [1.165, 1.54) is 0 Å². The highest BCUT2D eigenvalue weighted by atomic mass is 16.1. The molecule has 1 aliphatic heterocycles. The van der Waals surface area contributed by atoms with Crippen molar-refractivity contribution in [1.82, 2.24) is 10.6 Å². The lowest BCUT2D eigenvalue weighted by Crippen LogP contribution is -2.42. The molecule has 1 rings (SSSR count). The molecule has 1 aliphatic rings. The molecule has 0 aliphatic carbocycles. The van der Waals surface area contributed by atoms with Crippen LogP contribution >= 0.6 is 0 Å². The highest BCUT2D eigenvalue weighted by molar-refractivity contribution is 5.79. The van der Waals surface area contributed by atoms with Gasteiger partial charge in [-0.1, -0.05) is 33.6 Å². The van der Waals surface area contributed by atoms with Crippen molar-refractivity contribution in [3.63, 3.8) is 0 Å². The summed E-state index contributed by atoms with van der Waals surface area (Å²) in [5.41, 5.74) is 0. The van der Waals surface area contributed by atoms with Crippen molar-refractivity contribution in [3.8, 4) is 0 Å². The SMILES string of the molecule is CCCC(CCC)C(=O)NC1CNCC1C. The minimum atomic E-state index is 0.225. The molecular weight excluding hydrogens is 200 g/mol. The predicted octanol–water partition coefficient (Wildman–Crippen LogP) is 1.93. The first-order valence-corrected chi connectivity index (χ1v) is 6.70. The average Bonchev–Trinajstić information content (AvgIpc) is 2.64. The summed E-state index contributed by atoms with van der Waals surface area (Å²) in [5, 5.41) is 6.51. The molecule has 2 N–H and O–H groups in total. The zero-order valence-corrected chi connectivity index (χ0v) is 10.9. The Morgan fingerprint density at radius 2 is 1.94 bits per heavy atom. The highest BCUT2D eigenvalue weighted by Gasteiger charge is 2.26. The Labute approximate surface area is 99.4 Å². The van der Waals surface area contributed by atoms with E-state index in [9.17, 15) is 4.79 Å². The number of hydrogen-bond donors (Lipinski definition) is 2. The number of rotatable bonds is 6. The first-order valence-electron chi connectivity index (χ1n) is 6.70. The number of hydrogen-bond acceptors (Lipinski definition) is 2. The number of nitrogens with one attached hydrogen (secondary N) is 2. The van der Waals surface area contributed by atoms with Crippen LogP contribution in [0.1, 0.15) is 46.5 Å². The fourth-order valence-corrected chi connectivity index (χ4v) is 2.41. The minimum Gasteiger partial charge on any atom is -0.352 e. The molecule has 2 unspecified atom stereocenters. The van der Waals surface area contributed by atoms with Gasteiger partial charge in [0.1, 0.15) is 0 Å². The second-order valence-corrected chi connectivity index (χ2v) is 5.02. The Morgan fingerprint density at radius 3 is 2.38 bits per heavy atom. The van der Waals surface area contributed by atoms with Gasteiger partial charge in [0.2, 0.25) is 5.91 Å². The van der Waals surface area contributed by atoms with Crippen molar-refractivity contribution in [1.29, 1.82) is 0 Å². The maximum absolute atomic E-state index is 12.1. The van der Waals surface area contributed by atoms with Gasteiger partial charge < -0.3 is 10.6 Å². The van der Waals surface area contributed by atoms with Crippen LogP contribution in [0, 0.1) is 11.8 Å². The Balaban J connectivity index is 2.41. The van der Waals surface area contributed by atoms with Crippen molar-refractivity contribution >= 4 is 5.91 Å². The lowest BCUT2D eigenvalue weighted by Gasteiger charge is -2.21. The van der Waals surface area contributed by atoms with E-state index in [2.05, 4.69) is 31.4 Å². The van der Waals surface area contributed by atoms with Crippen molar-refractivity contribution in [2.24, 2.45) is 11.8 Å². The second-order valence-electron chi connectivity index (χ2n) is 5.02. The molecular formula is C13H26N2O. The summed E-state index contributed by atoms with van der Waals surface area (Å²) in [7, 11) is 0. The lowest BCUT2D eigenvalue weighted by molar-refractivity contribution is -0.126. The first kappa shape index (κ1) is 13.5. The van der Waals surface area contributed by atoms with Crippen LogP contribution < -0.4 is 10.6 Å². The summed E-state index contributed by atoms with van der Waals surface area (Å²) in [6.07, 6.45) is 4.23. The minimum absolute atomic E-state index is 0.225. The van der Waals surface area contributed by atoms with Gasteiger partial charge in [0, 0.05) is 18.5 Å². The van der Waals surface area contributed by atoms with Gasteiger partial charge in [-0.15, -0.1) is 0 Å². The van der Waals surface area contributed by atoms with Crippen LogP contribution in [0.15, 0.2) is 0 Å². The van der Waals surface area contributed by atoms with Crippen LogP contribution in [0.2, 0.25) is 0 Å². The zero-order valence-electron chi connectivity index (χ0n) is 10.9. The third kappa shape index (κ3) is 3.78. The Hall–Kier alpha value is -0.570. The number of carbonyl (C=O) groups excluding carboxylic acids is 1. The first-order chi connectivity index (χ1) is 7.69. The van der Waals surface area contributed by atoms with Gasteiger partial charge in [0.15, 0.2) is 0 Å². The molecule has 1 fully saturated rings. The summed E-state index contributed by atoms with van der Waals surface area (Å²) in [5.74, 6) is 1.06. The molecule has 0 spiro atoms. The smallest absolute Gasteiger partial charge is 0.223 e. The summed E-state index contributed by atoms with van der Waals surface area (Å²) >= 11 is 0. The molecule has 3 nitrogen and oxygen atoms in total. The molecule has 0 aromatic heterocycles. The van der Waals surface area contributed by atoms with Crippen LogP contribution in [0.3, 0.4) is 0 Å². The van der Waals surface area contributed by atoms with Gasteiger partial charge in [-0.05, 0) is 25.3 Å².